The van der Waals surface area contributed by atoms with E-state index in [2.05, 4.69) is 11.9 Å². The van der Waals surface area contributed by atoms with Crippen molar-refractivity contribution in [3.05, 3.63) is 79.6 Å². The van der Waals surface area contributed by atoms with Crippen molar-refractivity contribution in [2.45, 2.75) is 42.8 Å². The number of aryl methyl sites for hydroxylation is 1. The van der Waals surface area contributed by atoms with Crippen molar-refractivity contribution >= 4 is 39.0 Å². The van der Waals surface area contributed by atoms with Crippen molar-refractivity contribution in [3.8, 4) is 5.69 Å². The minimum absolute atomic E-state index is 0.0712. The quantitative estimate of drug-likeness (QED) is 0.223. The summed E-state index contributed by atoms with van der Waals surface area (Å²) in [5.41, 5.74) is 1.74. The Morgan fingerprint density at radius 2 is 2.06 bits per heavy atom. The van der Waals surface area contributed by atoms with Gasteiger partial charge in [-0.3, -0.25) is 19.5 Å². The van der Waals surface area contributed by atoms with Crippen LogP contribution in [0.2, 0.25) is 0 Å². The fourth-order valence-electron chi connectivity index (χ4n) is 4.13. The molecule has 0 saturated carbocycles. The largest absolute Gasteiger partial charge is 0.287 e. The van der Waals surface area contributed by atoms with Crippen molar-refractivity contribution in [1.82, 2.24) is 14.5 Å². The van der Waals surface area contributed by atoms with E-state index < -0.39 is 4.92 Å². The number of para-hydroxylation sites is 1. The molecule has 0 spiro atoms. The molecule has 0 fully saturated rings. The fraction of sp³-hybridized carbons (Fsp3) is 0.261. The van der Waals surface area contributed by atoms with Crippen LogP contribution in [0.15, 0.2) is 63.6 Å². The van der Waals surface area contributed by atoms with Crippen LogP contribution >= 0.6 is 23.1 Å². The summed E-state index contributed by atoms with van der Waals surface area (Å²) in [6, 6.07) is 12.4. The number of thiophene rings is 1. The van der Waals surface area contributed by atoms with Gasteiger partial charge in [0.15, 0.2) is 5.16 Å². The van der Waals surface area contributed by atoms with Gasteiger partial charge in [0.1, 0.15) is 16.1 Å². The van der Waals surface area contributed by atoms with E-state index in [1.165, 1.54) is 28.9 Å². The monoisotopic (exact) mass is 464 g/mol. The second-order valence-corrected chi connectivity index (χ2v) is 9.86. The summed E-state index contributed by atoms with van der Waals surface area (Å²) in [4.78, 5) is 35.4. The van der Waals surface area contributed by atoms with Crippen LogP contribution in [0.1, 0.15) is 30.2 Å². The summed E-state index contributed by atoms with van der Waals surface area (Å²) < 4.78 is 1.63. The average Bonchev–Trinajstić information content (AvgIpc) is 3.17. The van der Waals surface area contributed by atoms with Gasteiger partial charge in [0, 0.05) is 10.9 Å². The number of aromatic nitrogens is 3. The molecule has 0 N–H and O–H groups in total. The lowest BCUT2D eigenvalue weighted by molar-refractivity contribution is -0.385. The Balaban J connectivity index is 1.67. The van der Waals surface area contributed by atoms with Crippen LogP contribution in [-0.2, 0) is 12.8 Å². The first kappa shape index (κ1) is 20.8. The zero-order chi connectivity index (χ0) is 22.2. The molecule has 4 aromatic rings. The molecule has 1 aromatic carbocycles. The Hall–Kier alpha value is -3.04. The van der Waals surface area contributed by atoms with E-state index in [0.29, 0.717) is 16.1 Å². The SMILES string of the molecule is CC[C@H]1CCc2c(sc3nc(Sc4ccc([N+](=O)[O-])cn4)n(-c4ccccc4)c(=O)c23)C1. The lowest BCUT2D eigenvalue weighted by Crippen LogP contribution is -2.22. The highest BCUT2D eigenvalue weighted by Crippen LogP contribution is 2.38. The number of rotatable bonds is 5. The van der Waals surface area contributed by atoms with E-state index >= 15 is 0 Å². The summed E-state index contributed by atoms with van der Waals surface area (Å²) in [7, 11) is 0. The summed E-state index contributed by atoms with van der Waals surface area (Å²) >= 11 is 2.85. The molecule has 162 valence electrons. The maximum Gasteiger partial charge on any atom is 0.287 e. The molecule has 0 amide bonds. The third-order valence-electron chi connectivity index (χ3n) is 5.87. The van der Waals surface area contributed by atoms with Gasteiger partial charge in [-0.2, -0.15) is 0 Å². The van der Waals surface area contributed by atoms with Gasteiger partial charge in [-0.15, -0.1) is 11.3 Å². The molecule has 0 radical (unpaired) electrons. The highest BCUT2D eigenvalue weighted by atomic mass is 32.2. The second kappa shape index (κ2) is 8.48. The minimum atomic E-state index is -0.481. The number of nitro groups is 1. The number of fused-ring (bicyclic) bond motifs is 3. The number of pyridine rings is 1. The van der Waals surface area contributed by atoms with E-state index in [0.717, 1.165) is 47.2 Å². The molecule has 0 bridgehead atoms. The van der Waals surface area contributed by atoms with Crippen molar-refractivity contribution in [1.29, 1.82) is 0 Å². The van der Waals surface area contributed by atoms with Crippen LogP contribution < -0.4 is 5.56 Å². The Bertz CT molecular complexity index is 1360. The first-order valence-electron chi connectivity index (χ1n) is 10.5. The van der Waals surface area contributed by atoms with Gasteiger partial charge in [0.2, 0.25) is 0 Å². The maximum absolute atomic E-state index is 13.8. The molecule has 32 heavy (non-hydrogen) atoms. The summed E-state index contributed by atoms with van der Waals surface area (Å²) in [6.45, 7) is 2.22. The molecular weight excluding hydrogens is 444 g/mol. The van der Waals surface area contributed by atoms with E-state index in [4.69, 9.17) is 4.98 Å². The lowest BCUT2D eigenvalue weighted by Gasteiger charge is -2.20. The summed E-state index contributed by atoms with van der Waals surface area (Å²) in [5, 5.41) is 12.7. The Morgan fingerprint density at radius 1 is 1.25 bits per heavy atom. The molecular formula is C23H20N4O3S2. The number of benzene rings is 1. The minimum Gasteiger partial charge on any atom is -0.268 e. The van der Waals surface area contributed by atoms with Crippen molar-refractivity contribution in [2.75, 3.05) is 0 Å². The van der Waals surface area contributed by atoms with Gasteiger partial charge < -0.3 is 0 Å². The molecule has 5 rings (SSSR count). The normalized spacial score (nSPS) is 15.6. The van der Waals surface area contributed by atoms with Crippen molar-refractivity contribution in [3.63, 3.8) is 0 Å². The molecule has 9 heteroatoms. The van der Waals surface area contributed by atoms with Gasteiger partial charge in [-0.1, -0.05) is 31.5 Å². The predicted octanol–water partition coefficient (Wildman–Crippen LogP) is 5.42. The first-order chi connectivity index (χ1) is 15.5. The zero-order valence-electron chi connectivity index (χ0n) is 17.4. The van der Waals surface area contributed by atoms with E-state index in [1.807, 2.05) is 30.3 Å². The van der Waals surface area contributed by atoms with E-state index in [-0.39, 0.29) is 11.2 Å². The van der Waals surface area contributed by atoms with Crippen LogP contribution in [0, 0.1) is 16.0 Å². The Kier molecular flexibility index (Phi) is 5.52. The fourth-order valence-corrected chi connectivity index (χ4v) is 6.36. The molecule has 0 unspecified atom stereocenters. The number of hydrogen-bond donors (Lipinski definition) is 0. The summed E-state index contributed by atoms with van der Waals surface area (Å²) in [5.74, 6) is 0.657. The number of nitrogens with zero attached hydrogens (tertiary/aromatic N) is 4. The average molecular weight is 465 g/mol. The maximum atomic E-state index is 13.8. The molecule has 0 saturated heterocycles. The summed E-state index contributed by atoms with van der Waals surface area (Å²) in [6.07, 6.45) is 5.38. The van der Waals surface area contributed by atoms with Gasteiger partial charge >= 0.3 is 0 Å². The van der Waals surface area contributed by atoms with Crippen LogP contribution in [0.4, 0.5) is 5.69 Å². The predicted molar refractivity (Wildman–Crippen MR) is 126 cm³/mol. The van der Waals surface area contributed by atoms with Crippen LogP contribution in [0.3, 0.4) is 0 Å². The second-order valence-electron chi connectivity index (χ2n) is 7.79. The van der Waals surface area contributed by atoms with Gasteiger partial charge in [0.05, 0.1) is 16.0 Å². The molecule has 7 nitrogen and oxygen atoms in total. The van der Waals surface area contributed by atoms with Crippen molar-refractivity contribution in [2.24, 2.45) is 5.92 Å². The lowest BCUT2D eigenvalue weighted by atomic mass is 9.86. The third kappa shape index (κ3) is 3.71. The molecule has 3 heterocycles. The Labute approximate surface area is 192 Å². The standard InChI is InChI=1S/C23H20N4O3S2/c1-2-14-8-10-17-18(12-14)31-21-20(17)22(28)26(15-6-4-3-5-7-15)23(25-21)32-19-11-9-16(13-24-19)27(29)30/h3-7,9,11,13-14H,2,8,10,12H2,1H3/t14-/m0/s1. The van der Waals surface area contributed by atoms with Crippen LogP contribution in [-0.4, -0.2) is 19.5 Å². The van der Waals surface area contributed by atoms with E-state index in [1.54, 1.807) is 22.0 Å². The Morgan fingerprint density at radius 3 is 2.75 bits per heavy atom. The third-order valence-corrected chi connectivity index (χ3v) is 7.93. The van der Waals surface area contributed by atoms with Crippen LogP contribution in [0.5, 0.6) is 0 Å². The first-order valence-corrected chi connectivity index (χ1v) is 12.1. The van der Waals surface area contributed by atoms with Gasteiger partial charge in [0.25, 0.3) is 11.2 Å². The molecule has 0 aliphatic heterocycles. The molecule has 1 atom stereocenters. The van der Waals surface area contributed by atoms with Crippen LogP contribution in [0.25, 0.3) is 15.9 Å². The van der Waals surface area contributed by atoms with Crippen molar-refractivity contribution < 1.29 is 4.92 Å². The smallest absolute Gasteiger partial charge is 0.268 e. The number of hydrogen-bond acceptors (Lipinski definition) is 7. The molecule has 1 aliphatic carbocycles. The highest BCUT2D eigenvalue weighted by molar-refractivity contribution is 7.99. The highest BCUT2D eigenvalue weighted by Gasteiger charge is 2.26. The topological polar surface area (TPSA) is 90.9 Å². The zero-order valence-corrected chi connectivity index (χ0v) is 19.0. The van der Waals surface area contributed by atoms with Gasteiger partial charge in [-0.25, -0.2) is 9.97 Å². The molecule has 3 aromatic heterocycles. The van der Waals surface area contributed by atoms with Gasteiger partial charge in [-0.05, 0) is 60.7 Å². The van der Waals surface area contributed by atoms with E-state index in [9.17, 15) is 14.9 Å². The molecule has 1 aliphatic rings.